The van der Waals surface area contributed by atoms with Crippen LogP contribution in [0.25, 0.3) is 0 Å². The molecule has 1 aromatic rings. The minimum Gasteiger partial charge on any atom is -0.508 e. The average Bonchev–Trinajstić information content (AvgIpc) is 2.17. The van der Waals surface area contributed by atoms with Gasteiger partial charge in [0.25, 0.3) is 0 Å². The molecule has 2 N–H and O–H groups in total. The second-order valence-electron chi connectivity index (χ2n) is 2.96. The fourth-order valence-corrected chi connectivity index (χ4v) is 1.40. The molecule has 13 heavy (non-hydrogen) atoms. The molecule has 2 rings (SSSR count). The van der Waals surface area contributed by atoms with Crippen LogP contribution < -0.4 is 4.74 Å². The first-order valence-corrected chi connectivity index (χ1v) is 4.08. The molecule has 0 saturated carbocycles. The summed E-state index contributed by atoms with van der Waals surface area (Å²) in [6, 6.07) is 4.86. The van der Waals surface area contributed by atoms with Gasteiger partial charge in [-0.3, -0.25) is 0 Å². The Bertz CT molecular complexity index is 344. The lowest BCUT2D eigenvalue weighted by Gasteiger charge is -2.18. The molecular formula is C10H10O3. The van der Waals surface area contributed by atoms with Gasteiger partial charge in [0.2, 0.25) is 0 Å². The van der Waals surface area contributed by atoms with Crippen LogP contribution in [0.5, 0.6) is 11.5 Å². The molecule has 0 radical (unpaired) electrons. The number of phenols is 1. The highest BCUT2D eigenvalue weighted by Gasteiger charge is 2.16. The van der Waals surface area contributed by atoms with Gasteiger partial charge in [-0.05, 0) is 24.3 Å². The Morgan fingerprint density at radius 3 is 3.00 bits per heavy atom. The Morgan fingerprint density at radius 1 is 1.38 bits per heavy atom. The molecule has 0 aromatic heterocycles. The Balaban J connectivity index is 2.46. The SMILES string of the molecule is OCC1C=COc2ccc(O)cc21. The van der Waals surface area contributed by atoms with Gasteiger partial charge in [0.05, 0.1) is 12.9 Å². The molecule has 0 saturated heterocycles. The summed E-state index contributed by atoms with van der Waals surface area (Å²) in [4.78, 5) is 0. The van der Waals surface area contributed by atoms with Crippen molar-refractivity contribution in [2.45, 2.75) is 5.92 Å². The standard InChI is InChI=1S/C10H10O3/c11-6-7-3-4-13-10-2-1-8(12)5-9(7)10/h1-5,7,11-12H,6H2. The molecule has 1 aliphatic heterocycles. The Morgan fingerprint density at radius 2 is 2.23 bits per heavy atom. The highest BCUT2D eigenvalue weighted by atomic mass is 16.5. The lowest BCUT2D eigenvalue weighted by Crippen LogP contribution is -2.07. The molecule has 1 aromatic carbocycles. The van der Waals surface area contributed by atoms with E-state index in [1.807, 2.05) is 0 Å². The number of aliphatic hydroxyl groups excluding tert-OH is 1. The van der Waals surface area contributed by atoms with Gasteiger partial charge in [-0.2, -0.15) is 0 Å². The third-order valence-corrected chi connectivity index (χ3v) is 2.10. The van der Waals surface area contributed by atoms with Crippen LogP contribution in [0, 0.1) is 0 Å². The summed E-state index contributed by atoms with van der Waals surface area (Å²) in [5, 5.41) is 18.3. The van der Waals surface area contributed by atoms with Crippen molar-refractivity contribution < 1.29 is 14.9 Å². The van der Waals surface area contributed by atoms with Gasteiger partial charge in [-0.15, -0.1) is 0 Å². The van der Waals surface area contributed by atoms with E-state index in [1.54, 1.807) is 30.5 Å². The first-order valence-electron chi connectivity index (χ1n) is 4.08. The van der Waals surface area contributed by atoms with Crippen LogP contribution in [-0.2, 0) is 0 Å². The van der Waals surface area contributed by atoms with E-state index in [0.717, 1.165) is 5.56 Å². The lowest BCUT2D eigenvalue weighted by molar-refractivity contribution is 0.275. The topological polar surface area (TPSA) is 49.7 Å². The molecule has 3 nitrogen and oxygen atoms in total. The van der Waals surface area contributed by atoms with Gasteiger partial charge in [-0.25, -0.2) is 0 Å². The highest BCUT2D eigenvalue weighted by Crippen LogP contribution is 2.33. The second-order valence-corrected chi connectivity index (χ2v) is 2.96. The maximum atomic E-state index is 9.24. The molecular weight excluding hydrogens is 168 g/mol. The van der Waals surface area contributed by atoms with E-state index in [9.17, 15) is 5.11 Å². The van der Waals surface area contributed by atoms with Crippen molar-refractivity contribution in [1.82, 2.24) is 0 Å². The number of rotatable bonds is 1. The zero-order valence-electron chi connectivity index (χ0n) is 6.97. The van der Waals surface area contributed by atoms with E-state index in [4.69, 9.17) is 9.84 Å². The number of phenolic OH excluding ortho intramolecular Hbond substituents is 1. The van der Waals surface area contributed by atoms with E-state index in [1.165, 1.54) is 0 Å². The summed E-state index contributed by atoms with van der Waals surface area (Å²) >= 11 is 0. The smallest absolute Gasteiger partial charge is 0.130 e. The van der Waals surface area contributed by atoms with Crippen molar-refractivity contribution in [1.29, 1.82) is 0 Å². The van der Waals surface area contributed by atoms with Crippen LogP contribution in [0.15, 0.2) is 30.5 Å². The summed E-state index contributed by atoms with van der Waals surface area (Å²) in [5.74, 6) is 0.811. The average molecular weight is 178 g/mol. The maximum Gasteiger partial charge on any atom is 0.130 e. The third kappa shape index (κ3) is 1.38. The summed E-state index contributed by atoms with van der Waals surface area (Å²) in [5.41, 5.74) is 0.824. The van der Waals surface area contributed by atoms with E-state index in [0.29, 0.717) is 5.75 Å². The second kappa shape index (κ2) is 3.11. The van der Waals surface area contributed by atoms with Crippen molar-refractivity contribution in [2.24, 2.45) is 0 Å². The normalized spacial score (nSPS) is 19.3. The fraction of sp³-hybridized carbons (Fsp3) is 0.200. The van der Waals surface area contributed by atoms with Crippen LogP contribution in [0.3, 0.4) is 0 Å². The first kappa shape index (κ1) is 8.13. The van der Waals surface area contributed by atoms with Crippen LogP contribution in [0.4, 0.5) is 0 Å². The van der Waals surface area contributed by atoms with Crippen molar-refractivity contribution in [3.05, 3.63) is 36.1 Å². The van der Waals surface area contributed by atoms with E-state index in [2.05, 4.69) is 0 Å². The molecule has 0 fully saturated rings. The first-order chi connectivity index (χ1) is 6.31. The van der Waals surface area contributed by atoms with Crippen LogP contribution in [-0.4, -0.2) is 16.8 Å². The third-order valence-electron chi connectivity index (χ3n) is 2.10. The molecule has 0 amide bonds. The minimum atomic E-state index is -0.0733. The van der Waals surface area contributed by atoms with Crippen molar-refractivity contribution in [3.8, 4) is 11.5 Å². The summed E-state index contributed by atoms with van der Waals surface area (Å²) < 4.78 is 5.21. The van der Waals surface area contributed by atoms with E-state index >= 15 is 0 Å². The summed E-state index contributed by atoms with van der Waals surface area (Å²) in [6.07, 6.45) is 3.32. The quantitative estimate of drug-likeness (QED) is 0.682. The number of fused-ring (bicyclic) bond motifs is 1. The Labute approximate surface area is 75.9 Å². The predicted octanol–water partition coefficient (Wildman–Crippen LogP) is 1.37. The molecule has 1 atom stereocenters. The van der Waals surface area contributed by atoms with Crippen molar-refractivity contribution in [3.63, 3.8) is 0 Å². The number of hydrogen-bond acceptors (Lipinski definition) is 3. The molecule has 3 heteroatoms. The highest BCUT2D eigenvalue weighted by molar-refractivity contribution is 5.45. The van der Waals surface area contributed by atoms with Gasteiger partial charge in [-0.1, -0.05) is 0 Å². The minimum absolute atomic E-state index is 0.0241. The van der Waals surface area contributed by atoms with Crippen molar-refractivity contribution >= 4 is 0 Å². The fourth-order valence-electron chi connectivity index (χ4n) is 1.40. The van der Waals surface area contributed by atoms with Crippen LogP contribution in [0.2, 0.25) is 0 Å². The van der Waals surface area contributed by atoms with Crippen LogP contribution >= 0.6 is 0 Å². The Kier molecular flexibility index (Phi) is 1.94. The summed E-state index contributed by atoms with van der Waals surface area (Å²) in [7, 11) is 0. The van der Waals surface area contributed by atoms with Gasteiger partial charge >= 0.3 is 0 Å². The molecule has 0 bridgehead atoms. The zero-order valence-corrected chi connectivity index (χ0v) is 6.97. The largest absolute Gasteiger partial charge is 0.508 e. The molecule has 0 aliphatic carbocycles. The maximum absolute atomic E-state index is 9.24. The predicted molar refractivity (Wildman–Crippen MR) is 47.7 cm³/mol. The number of hydrogen-bond donors (Lipinski definition) is 2. The van der Waals surface area contributed by atoms with Gasteiger partial charge in [0.15, 0.2) is 0 Å². The van der Waals surface area contributed by atoms with E-state index in [-0.39, 0.29) is 18.3 Å². The van der Waals surface area contributed by atoms with Crippen LogP contribution in [0.1, 0.15) is 11.5 Å². The Hall–Kier alpha value is -1.48. The number of aromatic hydroxyl groups is 1. The molecule has 1 aliphatic rings. The van der Waals surface area contributed by atoms with E-state index < -0.39 is 0 Å². The van der Waals surface area contributed by atoms with Gasteiger partial charge in [0.1, 0.15) is 11.5 Å². The monoisotopic (exact) mass is 178 g/mol. The number of benzene rings is 1. The van der Waals surface area contributed by atoms with Gasteiger partial charge in [0, 0.05) is 11.5 Å². The summed E-state index contributed by atoms with van der Waals surface area (Å²) in [6.45, 7) is 0.0241. The number of ether oxygens (including phenoxy) is 1. The number of aliphatic hydroxyl groups is 1. The molecule has 68 valence electrons. The molecule has 1 heterocycles. The van der Waals surface area contributed by atoms with Crippen molar-refractivity contribution in [2.75, 3.05) is 6.61 Å². The van der Waals surface area contributed by atoms with Gasteiger partial charge < -0.3 is 14.9 Å². The lowest BCUT2D eigenvalue weighted by atomic mass is 9.97. The molecule has 1 unspecified atom stereocenters. The zero-order chi connectivity index (χ0) is 9.26. The molecule has 0 spiro atoms.